The Morgan fingerprint density at radius 1 is 1.22 bits per heavy atom. The summed E-state index contributed by atoms with van der Waals surface area (Å²) in [4.78, 5) is 7.01. The van der Waals surface area contributed by atoms with Gasteiger partial charge in [0.2, 0.25) is 0 Å². The van der Waals surface area contributed by atoms with Crippen molar-refractivity contribution in [2.45, 2.75) is 43.9 Å². The van der Waals surface area contributed by atoms with Crippen molar-refractivity contribution in [3.05, 3.63) is 42.1 Å². The second kappa shape index (κ2) is 6.19. The predicted octanol–water partition coefficient (Wildman–Crippen LogP) is 2.74. The van der Waals surface area contributed by atoms with Crippen LogP contribution in [0.4, 0.5) is 0 Å². The smallest absolute Gasteiger partial charge is 0.0964 e. The summed E-state index contributed by atoms with van der Waals surface area (Å²) in [6.07, 6.45) is 5.28. The van der Waals surface area contributed by atoms with E-state index in [0.717, 1.165) is 57.4 Å². The van der Waals surface area contributed by atoms with E-state index in [9.17, 15) is 5.11 Å². The highest BCUT2D eigenvalue weighted by atomic mass is 16.5. The minimum atomic E-state index is -0.294. The van der Waals surface area contributed by atoms with Crippen LogP contribution >= 0.6 is 0 Å². The SMILES string of the molecule is O[C@H]1CCCOC12CCN(Cc1cccc3cccnc13)CC2. The molecule has 0 unspecified atom stereocenters. The van der Waals surface area contributed by atoms with Crippen LogP contribution in [0.1, 0.15) is 31.2 Å². The maximum atomic E-state index is 10.3. The topological polar surface area (TPSA) is 45.6 Å². The van der Waals surface area contributed by atoms with Crippen LogP contribution in [0.2, 0.25) is 0 Å². The number of aliphatic hydroxyl groups is 1. The minimum absolute atomic E-state index is 0.286. The Morgan fingerprint density at radius 3 is 2.87 bits per heavy atom. The number of ether oxygens (including phenoxy) is 1. The lowest BCUT2D eigenvalue weighted by molar-refractivity contribution is -0.177. The highest BCUT2D eigenvalue weighted by Crippen LogP contribution is 2.35. The van der Waals surface area contributed by atoms with Crippen molar-refractivity contribution in [2.24, 2.45) is 0 Å². The normalized spacial score (nSPS) is 25.0. The number of pyridine rings is 1. The molecule has 4 rings (SSSR count). The van der Waals surface area contributed by atoms with E-state index in [1.807, 2.05) is 12.3 Å². The van der Waals surface area contributed by atoms with Crippen LogP contribution in [0, 0.1) is 0 Å². The van der Waals surface area contributed by atoms with E-state index in [2.05, 4.69) is 34.1 Å². The third-order valence-electron chi connectivity index (χ3n) is 5.43. The van der Waals surface area contributed by atoms with E-state index >= 15 is 0 Å². The highest BCUT2D eigenvalue weighted by Gasteiger charge is 2.43. The summed E-state index contributed by atoms with van der Waals surface area (Å²) >= 11 is 0. The second-order valence-corrected chi connectivity index (χ2v) is 6.84. The van der Waals surface area contributed by atoms with E-state index in [1.54, 1.807) is 0 Å². The quantitative estimate of drug-likeness (QED) is 0.926. The lowest BCUT2D eigenvalue weighted by atomic mass is 9.82. The zero-order valence-electron chi connectivity index (χ0n) is 13.4. The summed E-state index contributed by atoms with van der Waals surface area (Å²) in [6, 6.07) is 10.5. The van der Waals surface area contributed by atoms with Crippen LogP contribution in [0.3, 0.4) is 0 Å². The number of para-hydroxylation sites is 1. The van der Waals surface area contributed by atoms with Gasteiger partial charge < -0.3 is 9.84 Å². The number of likely N-dealkylation sites (tertiary alicyclic amines) is 1. The first-order valence-corrected chi connectivity index (χ1v) is 8.64. The maximum Gasteiger partial charge on any atom is 0.0964 e. The lowest BCUT2D eigenvalue weighted by Crippen LogP contribution is -2.55. The molecule has 1 aromatic heterocycles. The zero-order chi connectivity index (χ0) is 15.7. The summed E-state index contributed by atoms with van der Waals surface area (Å²) in [7, 11) is 0. The Kier molecular flexibility index (Phi) is 4.05. The van der Waals surface area contributed by atoms with Gasteiger partial charge in [0, 0.05) is 37.8 Å². The minimum Gasteiger partial charge on any atom is -0.390 e. The fourth-order valence-corrected chi connectivity index (χ4v) is 4.01. The van der Waals surface area contributed by atoms with Crippen molar-refractivity contribution < 1.29 is 9.84 Å². The molecule has 122 valence electrons. The van der Waals surface area contributed by atoms with Gasteiger partial charge in [0.05, 0.1) is 17.2 Å². The third kappa shape index (κ3) is 2.87. The number of benzene rings is 1. The predicted molar refractivity (Wildman–Crippen MR) is 90.2 cm³/mol. The second-order valence-electron chi connectivity index (χ2n) is 6.84. The summed E-state index contributed by atoms with van der Waals surface area (Å²) < 4.78 is 6.00. The monoisotopic (exact) mass is 312 g/mol. The molecule has 4 nitrogen and oxygen atoms in total. The molecule has 0 bridgehead atoms. The molecule has 2 saturated heterocycles. The number of hydrogen-bond acceptors (Lipinski definition) is 4. The number of hydrogen-bond donors (Lipinski definition) is 1. The van der Waals surface area contributed by atoms with Crippen molar-refractivity contribution in [3.8, 4) is 0 Å². The molecule has 2 aromatic rings. The molecular formula is C19H24N2O2. The van der Waals surface area contributed by atoms with Gasteiger partial charge in [-0.15, -0.1) is 0 Å². The van der Waals surface area contributed by atoms with E-state index in [1.165, 1.54) is 10.9 Å². The fourth-order valence-electron chi connectivity index (χ4n) is 4.01. The molecule has 0 aliphatic carbocycles. The molecule has 2 fully saturated rings. The van der Waals surface area contributed by atoms with Gasteiger partial charge in [-0.05, 0) is 37.3 Å². The van der Waals surface area contributed by atoms with Gasteiger partial charge in [0.1, 0.15) is 0 Å². The van der Waals surface area contributed by atoms with Gasteiger partial charge in [0.25, 0.3) is 0 Å². The molecule has 4 heteroatoms. The van der Waals surface area contributed by atoms with Gasteiger partial charge in [0.15, 0.2) is 0 Å². The highest BCUT2D eigenvalue weighted by molar-refractivity contribution is 5.81. The molecule has 1 spiro atoms. The van der Waals surface area contributed by atoms with E-state index in [0.29, 0.717) is 0 Å². The van der Waals surface area contributed by atoms with Crippen molar-refractivity contribution in [1.82, 2.24) is 9.88 Å². The van der Waals surface area contributed by atoms with Crippen LogP contribution < -0.4 is 0 Å². The Labute approximate surface area is 137 Å². The zero-order valence-corrected chi connectivity index (χ0v) is 13.4. The summed E-state index contributed by atoms with van der Waals surface area (Å²) in [5, 5.41) is 11.5. The third-order valence-corrected chi connectivity index (χ3v) is 5.43. The van der Waals surface area contributed by atoms with Gasteiger partial charge in [-0.25, -0.2) is 0 Å². The Balaban J connectivity index is 1.47. The summed E-state index contributed by atoms with van der Waals surface area (Å²) in [5.74, 6) is 0. The van der Waals surface area contributed by atoms with Crippen LogP contribution in [0.5, 0.6) is 0 Å². The first-order chi connectivity index (χ1) is 11.3. The molecule has 2 aliphatic heterocycles. The van der Waals surface area contributed by atoms with Crippen LogP contribution in [0.25, 0.3) is 10.9 Å². The number of rotatable bonds is 2. The van der Waals surface area contributed by atoms with Crippen molar-refractivity contribution >= 4 is 10.9 Å². The van der Waals surface area contributed by atoms with Crippen LogP contribution in [-0.2, 0) is 11.3 Å². The molecule has 1 N–H and O–H groups in total. The van der Waals surface area contributed by atoms with Crippen LogP contribution in [0.15, 0.2) is 36.5 Å². The number of aliphatic hydroxyl groups excluding tert-OH is 1. The Bertz CT molecular complexity index is 675. The molecule has 0 saturated carbocycles. The van der Waals surface area contributed by atoms with E-state index in [4.69, 9.17) is 4.74 Å². The molecule has 3 heterocycles. The number of nitrogens with zero attached hydrogens (tertiary/aromatic N) is 2. The van der Waals surface area contributed by atoms with Crippen LogP contribution in [-0.4, -0.2) is 46.4 Å². The largest absolute Gasteiger partial charge is 0.390 e. The van der Waals surface area contributed by atoms with Crippen molar-refractivity contribution in [1.29, 1.82) is 0 Å². The number of aromatic nitrogens is 1. The first-order valence-electron chi connectivity index (χ1n) is 8.64. The van der Waals surface area contributed by atoms with Crippen molar-refractivity contribution in [3.63, 3.8) is 0 Å². The van der Waals surface area contributed by atoms with Crippen molar-refractivity contribution in [2.75, 3.05) is 19.7 Å². The molecule has 0 amide bonds. The average molecular weight is 312 g/mol. The molecule has 2 aliphatic rings. The lowest BCUT2D eigenvalue weighted by Gasteiger charge is -2.46. The molecule has 1 atom stereocenters. The number of fused-ring (bicyclic) bond motifs is 1. The summed E-state index contributed by atoms with van der Waals surface area (Å²) in [5.41, 5.74) is 2.10. The van der Waals surface area contributed by atoms with Gasteiger partial charge in [-0.1, -0.05) is 24.3 Å². The molecule has 0 radical (unpaired) electrons. The van der Waals surface area contributed by atoms with E-state index < -0.39 is 0 Å². The Morgan fingerprint density at radius 2 is 2.04 bits per heavy atom. The van der Waals surface area contributed by atoms with Gasteiger partial charge in [-0.3, -0.25) is 9.88 Å². The fraction of sp³-hybridized carbons (Fsp3) is 0.526. The molecule has 1 aromatic carbocycles. The molecular weight excluding hydrogens is 288 g/mol. The standard InChI is InChI=1S/C19H24N2O2/c22-17-7-3-13-23-19(17)8-11-21(12-9-19)14-16-5-1-4-15-6-2-10-20-18(15)16/h1-2,4-6,10,17,22H,3,7-9,11-14H2/t17-/m0/s1. The molecule has 23 heavy (non-hydrogen) atoms. The van der Waals surface area contributed by atoms with Gasteiger partial charge in [-0.2, -0.15) is 0 Å². The Hall–Kier alpha value is -1.49. The number of piperidine rings is 1. The average Bonchev–Trinajstić information content (AvgIpc) is 2.60. The van der Waals surface area contributed by atoms with Gasteiger partial charge >= 0.3 is 0 Å². The summed E-state index contributed by atoms with van der Waals surface area (Å²) in [6.45, 7) is 3.66. The first kappa shape index (κ1) is 15.1. The maximum absolute atomic E-state index is 10.3. The van der Waals surface area contributed by atoms with E-state index in [-0.39, 0.29) is 11.7 Å².